The largest absolute Gasteiger partial charge is 0.324 e. The molecule has 0 saturated heterocycles. The summed E-state index contributed by atoms with van der Waals surface area (Å²) in [6.45, 7) is 1.93. The van der Waals surface area contributed by atoms with Crippen molar-refractivity contribution in [3.05, 3.63) is 65.0 Å². The molecule has 0 aliphatic heterocycles. The average Bonchev–Trinajstić information content (AvgIpc) is 2.35. The lowest BCUT2D eigenvalue weighted by Crippen LogP contribution is -2.16. The van der Waals surface area contributed by atoms with Gasteiger partial charge in [-0.3, -0.25) is 4.98 Å². The van der Waals surface area contributed by atoms with Gasteiger partial charge in [0.05, 0.1) is 0 Å². The molecule has 1 unspecified atom stereocenters. The molecule has 0 saturated carbocycles. The summed E-state index contributed by atoms with van der Waals surface area (Å²) >= 11 is 0. The molecule has 0 amide bonds. The number of rotatable bonds is 3. The van der Waals surface area contributed by atoms with E-state index >= 15 is 0 Å². The highest BCUT2D eigenvalue weighted by molar-refractivity contribution is 5.24. The summed E-state index contributed by atoms with van der Waals surface area (Å²) in [5.41, 5.74) is 7.87. The van der Waals surface area contributed by atoms with Gasteiger partial charge in [0.1, 0.15) is 11.6 Å². The Bertz CT molecular complexity index is 538. The second-order valence-electron chi connectivity index (χ2n) is 4.30. The van der Waals surface area contributed by atoms with Crippen molar-refractivity contribution in [1.29, 1.82) is 0 Å². The minimum atomic E-state index is -0.601. The predicted molar refractivity (Wildman–Crippen MR) is 66.0 cm³/mol. The molecule has 18 heavy (non-hydrogen) atoms. The molecule has 1 aromatic carbocycles. The molecule has 1 aromatic heterocycles. The number of aryl methyl sites for hydroxylation is 1. The maximum Gasteiger partial charge on any atom is 0.128 e. The Morgan fingerprint density at radius 1 is 1.22 bits per heavy atom. The normalized spacial score (nSPS) is 12.4. The predicted octanol–water partition coefficient (Wildman–Crippen LogP) is 2.91. The molecule has 0 aliphatic rings. The molecule has 0 radical (unpaired) electrons. The van der Waals surface area contributed by atoms with Crippen molar-refractivity contribution in [3.63, 3.8) is 0 Å². The third-order valence-corrected chi connectivity index (χ3v) is 2.76. The van der Waals surface area contributed by atoms with E-state index in [0.29, 0.717) is 6.42 Å². The number of benzene rings is 1. The van der Waals surface area contributed by atoms with E-state index in [4.69, 9.17) is 5.73 Å². The second-order valence-corrected chi connectivity index (χ2v) is 4.30. The lowest BCUT2D eigenvalue weighted by molar-refractivity contribution is 0.559. The van der Waals surface area contributed by atoms with Crippen molar-refractivity contribution < 1.29 is 8.78 Å². The zero-order chi connectivity index (χ0) is 13.1. The Hall–Kier alpha value is -1.81. The highest BCUT2D eigenvalue weighted by atomic mass is 19.1. The van der Waals surface area contributed by atoms with Crippen LogP contribution >= 0.6 is 0 Å². The molecule has 2 aromatic rings. The van der Waals surface area contributed by atoms with Crippen LogP contribution in [0.1, 0.15) is 22.9 Å². The van der Waals surface area contributed by atoms with Crippen LogP contribution in [0.25, 0.3) is 0 Å². The minimum absolute atomic E-state index is 0.178. The summed E-state index contributed by atoms with van der Waals surface area (Å²) < 4.78 is 26.6. The standard InChI is InChI=1S/C14H14F2N2/c1-9-2-4-11(18-8-9)7-14(17)12-6-10(15)3-5-13(12)16/h2-6,8,14H,7,17H2,1H3. The van der Waals surface area contributed by atoms with Gasteiger partial charge in [0.25, 0.3) is 0 Å². The molecule has 2 N–H and O–H groups in total. The quantitative estimate of drug-likeness (QED) is 0.907. The summed E-state index contributed by atoms with van der Waals surface area (Å²) in [6, 6.07) is 6.45. The van der Waals surface area contributed by atoms with Crippen LogP contribution in [0.15, 0.2) is 36.5 Å². The minimum Gasteiger partial charge on any atom is -0.324 e. The van der Waals surface area contributed by atoms with E-state index in [1.165, 1.54) is 0 Å². The molecule has 0 bridgehead atoms. The average molecular weight is 248 g/mol. The number of pyridine rings is 1. The van der Waals surface area contributed by atoms with Crippen LogP contribution in [0.2, 0.25) is 0 Å². The lowest BCUT2D eigenvalue weighted by Gasteiger charge is -2.12. The molecule has 0 fully saturated rings. The molecule has 1 heterocycles. The Kier molecular flexibility index (Phi) is 3.67. The molecule has 2 rings (SSSR count). The summed E-state index contributed by atoms with van der Waals surface area (Å²) in [5, 5.41) is 0. The van der Waals surface area contributed by atoms with Crippen LogP contribution in [-0.2, 0) is 6.42 Å². The molecule has 0 aliphatic carbocycles. The number of halogens is 2. The number of nitrogens with zero attached hydrogens (tertiary/aromatic N) is 1. The topological polar surface area (TPSA) is 38.9 Å². The highest BCUT2D eigenvalue weighted by Gasteiger charge is 2.13. The first kappa shape index (κ1) is 12.6. The number of hydrogen-bond donors (Lipinski definition) is 1. The van der Waals surface area contributed by atoms with Crippen molar-refractivity contribution in [3.8, 4) is 0 Å². The highest BCUT2D eigenvalue weighted by Crippen LogP contribution is 2.19. The van der Waals surface area contributed by atoms with Crippen LogP contribution in [-0.4, -0.2) is 4.98 Å². The zero-order valence-corrected chi connectivity index (χ0v) is 10.0. The maximum atomic E-state index is 13.5. The van der Waals surface area contributed by atoms with Crippen molar-refractivity contribution in [2.24, 2.45) is 5.73 Å². The Morgan fingerprint density at radius 2 is 2.00 bits per heavy atom. The van der Waals surface area contributed by atoms with E-state index in [9.17, 15) is 8.78 Å². The van der Waals surface area contributed by atoms with Crippen LogP contribution in [0.5, 0.6) is 0 Å². The summed E-state index contributed by atoms with van der Waals surface area (Å²) in [4.78, 5) is 4.20. The zero-order valence-electron chi connectivity index (χ0n) is 10.0. The van der Waals surface area contributed by atoms with Crippen molar-refractivity contribution >= 4 is 0 Å². The van der Waals surface area contributed by atoms with Gasteiger partial charge in [-0.15, -0.1) is 0 Å². The second kappa shape index (κ2) is 5.23. The van der Waals surface area contributed by atoms with E-state index in [0.717, 1.165) is 29.5 Å². The maximum absolute atomic E-state index is 13.5. The Morgan fingerprint density at radius 3 is 2.67 bits per heavy atom. The Balaban J connectivity index is 2.18. The molecule has 2 nitrogen and oxygen atoms in total. The molecular weight excluding hydrogens is 234 g/mol. The molecule has 94 valence electrons. The van der Waals surface area contributed by atoms with Gasteiger partial charge >= 0.3 is 0 Å². The summed E-state index contributed by atoms with van der Waals surface area (Å²) in [5.74, 6) is -0.977. The van der Waals surface area contributed by atoms with Crippen LogP contribution in [0, 0.1) is 18.6 Å². The van der Waals surface area contributed by atoms with Gasteiger partial charge in [0.15, 0.2) is 0 Å². The molecular formula is C14H14F2N2. The molecule has 1 atom stereocenters. The number of nitrogens with two attached hydrogens (primary N) is 1. The van der Waals surface area contributed by atoms with Gasteiger partial charge in [-0.1, -0.05) is 6.07 Å². The van der Waals surface area contributed by atoms with Gasteiger partial charge in [0.2, 0.25) is 0 Å². The summed E-state index contributed by atoms with van der Waals surface area (Å²) in [6.07, 6.45) is 2.10. The van der Waals surface area contributed by atoms with Crippen molar-refractivity contribution in [2.75, 3.05) is 0 Å². The Labute approximate surface area is 104 Å². The SMILES string of the molecule is Cc1ccc(CC(N)c2cc(F)ccc2F)nc1. The first-order valence-corrected chi connectivity index (χ1v) is 5.68. The van der Waals surface area contributed by atoms with E-state index < -0.39 is 17.7 Å². The van der Waals surface area contributed by atoms with Gasteiger partial charge in [-0.25, -0.2) is 8.78 Å². The van der Waals surface area contributed by atoms with Crippen LogP contribution < -0.4 is 5.73 Å². The first-order valence-electron chi connectivity index (χ1n) is 5.68. The van der Waals surface area contributed by atoms with Gasteiger partial charge in [0, 0.05) is 29.9 Å². The van der Waals surface area contributed by atoms with Crippen molar-refractivity contribution in [1.82, 2.24) is 4.98 Å². The van der Waals surface area contributed by atoms with Crippen LogP contribution in [0.4, 0.5) is 8.78 Å². The lowest BCUT2D eigenvalue weighted by atomic mass is 10.0. The van der Waals surface area contributed by atoms with E-state index in [-0.39, 0.29) is 5.56 Å². The van der Waals surface area contributed by atoms with Crippen LogP contribution in [0.3, 0.4) is 0 Å². The van der Waals surface area contributed by atoms with Gasteiger partial charge in [-0.05, 0) is 36.8 Å². The smallest absolute Gasteiger partial charge is 0.128 e. The monoisotopic (exact) mass is 248 g/mol. The van der Waals surface area contributed by atoms with E-state index in [1.54, 1.807) is 6.20 Å². The summed E-state index contributed by atoms with van der Waals surface area (Å²) in [7, 11) is 0. The van der Waals surface area contributed by atoms with E-state index in [1.807, 2.05) is 19.1 Å². The van der Waals surface area contributed by atoms with Gasteiger partial charge < -0.3 is 5.73 Å². The fraction of sp³-hybridized carbons (Fsp3) is 0.214. The van der Waals surface area contributed by atoms with Gasteiger partial charge in [-0.2, -0.15) is 0 Å². The molecule has 4 heteroatoms. The fourth-order valence-electron chi connectivity index (χ4n) is 1.75. The fourth-order valence-corrected chi connectivity index (χ4v) is 1.75. The van der Waals surface area contributed by atoms with E-state index in [2.05, 4.69) is 4.98 Å². The third kappa shape index (κ3) is 2.90. The molecule has 0 spiro atoms. The van der Waals surface area contributed by atoms with Crippen molar-refractivity contribution in [2.45, 2.75) is 19.4 Å². The third-order valence-electron chi connectivity index (χ3n) is 2.76. The number of aromatic nitrogens is 1. The first-order chi connectivity index (χ1) is 8.56. The number of hydrogen-bond acceptors (Lipinski definition) is 2.